The molecule has 0 atom stereocenters. The van der Waals surface area contributed by atoms with E-state index in [-0.39, 0.29) is 11.2 Å². The van der Waals surface area contributed by atoms with Crippen LogP contribution in [0, 0.1) is 0 Å². The summed E-state index contributed by atoms with van der Waals surface area (Å²) >= 11 is 0. The molecule has 0 heterocycles. The zero-order valence-corrected chi connectivity index (χ0v) is 11.9. The van der Waals surface area contributed by atoms with E-state index < -0.39 is 9.84 Å². The average Bonchev–Trinajstić information content (AvgIpc) is 2.94. The minimum Gasteiger partial charge on any atom is -0.326 e. The van der Waals surface area contributed by atoms with E-state index in [1.54, 1.807) is 31.2 Å². The molecule has 4 nitrogen and oxygen atoms in total. The van der Waals surface area contributed by atoms with Crippen LogP contribution in [0.1, 0.15) is 39.0 Å². The lowest BCUT2D eigenvalue weighted by Gasteiger charge is -2.11. The Morgan fingerprint density at radius 3 is 2.32 bits per heavy atom. The Kier molecular flexibility index (Phi) is 4.24. The quantitative estimate of drug-likeness (QED) is 0.923. The normalized spacial score (nSPS) is 16.5. The Bertz CT molecular complexity index is 543. The topological polar surface area (TPSA) is 63.2 Å². The summed E-state index contributed by atoms with van der Waals surface area (Å²) in [5.41, 5.74) is 0.636. The highest BCUT2D eigenvalue weighted by atomic mass is 32.2. The molecule has 1 saturated carbocycles. The monoisotopic (exact) mass is 281 g/mol. The molecular weight excluding hydrogens is 262 g/mol. The van der Waals surface area contributed by atoms with E-state index in [2.05, 4.69) is 5.32 Å². The van der Waals surface area contributed by atoms with Crippen LogP contribution in [-0.2, 0) is 14.6 Å². The number of rotatable bonds is 4. The van der Waals surface area contributed by atoms with Crippen LogP contribution in [0.25, 0.3) is 0 Å². The number of sulfone groups is 1. The van der Waals surface area contributed by atoms with Gasteiger partial charge in [-0.05, 0) is 37.1 Å². The molecule has 0 aromatic heterocycles. The number of benzene rings is 1. The second-order valence-corrected chi connectivity index (χ2v) is 7.11. The van der Waals surface area contributed by atoms with Crippen molar-refractivity contribution in [3.63, 3.8) is 0 Å². The van der Waals surface area contributed by atoms with E-state index in [1.165, 1.54) is 0 Å². The molecule has 1 aromatic carbocycles. The summed E-state index contributed by atoms with van der Waals surface area (Å²) in [4.78, 5) is 11.6. The zero-order valence-electron chi connectivity index (χ0n) is 11.1. The van der Waals surface area contributed by atoms with Gasteiger partial charge < -0.3 is 5.32 Å². The highest BCUT2D eigenvalue weighted by molar-refractivity contribution is 7.92. The van der Waals surface area contributed by atoms with Gasteiger partial charge in [0.25, 0.3) is 0 Å². The molecule has 1 fully saturated rings. The molecule has 1 aromatic rings. The molecule has 0 saturated heterocycles. The highest BCUT2D eigenvalue weighted by Gasteiger charge is 2.29. The number of carbonyl (C=O) groups is 1. The molecule has 5 heteroatoms. The molecule has 0 spiro atoms. The van der Waals surface area contributed by atoms with Gasteiger partial charge in [-0.3, -0.25) is 4.79 Å². The third kappa shape index (κ3) is 3.15. The second kappa shape index (κ2) is 5.74. The maximum Gasteiger partial charge on any atom is 0.224 e. The Morgan fingerprint density at radius 2 is 1.79 bits per heavy atom. The fourth-order valence-corrected chi connectivity index (χ4v) is 4.22. The first-order valence-corrected chi connectivity index (χ1v) is 8.22. The predicted octanol–water partition coefficient (Wildman–Crippen LogP) is 2.75. The molecule has 2 rings (SSSR count). The van der Waals surface area contributed by atoms with Crippen LogP contribution in [0.5, 0.6) is 0 Å². The van der Waals surface area contributed by atoms with Gasteiger partial charge in [-0.25, -0.2) is 8.42 Å². The number of nitrogens with one attached hydrogen (secondary N) is 1. The SMILES string of the molecule is CCC(=O)Nc1ccc(S(=O)(=O)C2CCCC2)cc1. The number of carbonyl (C=O) groups excluding carboxylic acids is 1. The lowest BCUT2D eigenvalue weighted by molar-refractivity contribution is -0.115. The third-order valence-electron chi connectivity index (χ3n) is 3.53. The first-order chi connectivity index (χ1) is 9.04. The van der Waals surface area contributed by atoms with Gasteiger partial charge in [-0.2, -0.15) is 0 Å². The third-order valence-corrected chi connectivity index (χ3v) is 5.81. The molecule has 1 N–H and O–H groups in total. The van der Waals surface area contributed by atoms with Crippen molar-refractivity contribution in [2.45, 2.75) is 49.2 Å². The molecule has 104 valence electrons. The first-order valence-electron chi connectivity index (χ1n) is 6.68. The minimum absolute atomic E-state index is 0.0774. The first kappa shape index (κ1) is 14.1. The molecule has 1 aliphatic rings. The Hall–Kier alpha value is -1.36. The molecule has 0 unspecified atom stereocenters. The van der Waals surface area contributed by atoms with E-state index in [0.29, 0.717) is 17.0 Å². The molecule has 0 aliphatic heterocycles. The predicted molar refractivity (Wildman–Crippen MR) is 74.8 cm³/mol. The van der Waals surface area contributed by atoms with Gasteiger partial charge in [0.15, 0.2) is 9.84 Å². The summed E-state index contributed by atoms with van der Waals surface area (Å²) in [5, 5.41) is 2.47. The Balaban J connectivity index is 2.15. The summed E-state index contributed by atoms with van der Waals surface area (Å²) in [5.74, 6) is -0.0774. The van der Waals surface area contributed by atoms with Crippen LogP contribution in [0.3, 0.4) is 0 Å². The number of anilines is 1. The fraction of sp³-hybridized carbons (Fsp3) is 0.500. The maximum atomic E-state index is 12.3. The molecule has 1 amide bonds. The van der Waals surface area contributed by atoms with Gasteiger partial charge in [0.2, 0.25) is 5.91 Å². The van der Waals surface area contributed by atoms with Crippen LogP contribution < -0.4 is 5.32 Å². The van der Waals surface area contributed by atoms with Gasteiger partial charge in [-0.15, -0.1) is 0 Å². The highest BCUT2D eigenvalue weighted by Crippen LogP contribution is 2.29. The van der Waals surface area contributed by atoms with Gasteiger partial charge in [0, 0.05) is 12.1 Å². The maximum absolute atomic E-state index is 12.3. The molecule has 19 heavy (non-hydrogen) atoms. The molecule has 0 radical (unpaired) electrons. The van der Waals surface area contributed by atoms with Crippen molar-refractivity contribution >= 4 is 21.4 Å². The van der Waals surface area contributed by atoms with Crippen molar-refractivity contribution in [1.29, 1.82) is 0 Å². The number of hydrogen-bond donors (Lipinski definition) is 1. The molecule has 0 bridgehead atoms. The smallest absolute Gasteiger partial charge is 0.224 e. The Morgan fingerprint density at radius 1 is 1.21 bits per heavy atom. The van der Waals surface area contributed by atoms with E-state index in [0.717, 1.165) is 25.7 Å². The summed E-state index contributed by atoms with van der Waals surface area (Å²) in [7, 11) is -3.20. The van der Waals surface area contributed by atoms with E-state index >= 15 is 0 Å². The Labute approximate surface area is 114 Å². The van der Waals surface area contributed by atoms with Crippen LogP contribution in [-0.4, -0.2) is 19.6 Å². The van der Waals surface area contributed by atoms with Crippen molar-refractivity contribution < 1.29 is 13.2 Å². The van der Waals surface area contributed by atoms with Crippen molar-refractivity contribution in [3.05, 3.63) is 24.3 Å². The van der Waals surface area contributed by atoms with Crippen molar-refractivity contribution in [2.24, 2.45) is 0 Å². The van der Waals surface area contributed by atoms with Crippen LogP contribution in [0.15, 0.2) is 29.2 Å². The van der Waals surface area contributed by atoms with Crippen LogP contribution >= 0.6 is 0 Å². The van der Waals surface area contributed by atoms with Crippen LogP contribution in [0.4, 0.5) is 5.69 Å². The second-order valence-electron chi connectivity index (χ2n) is 4.88. The molecular formula is C14H19NO3S. The lowest BCUT2D eigenvalue weighted by atomic mass is 10.3. The lowest BCUT2D eigenvalue weighted by Crippen LogP contribution is -2.17. The minimum atomic E-state index is -3.20. The van der Waals surface area contributed by atoms with E-state index in [9.17, 15) is 13.2 Å². The van der Waals surface area contributed by atoms with E-state index in [4.69, 9.17) is 0 Å². The van der Waals surface area contributed by atoms with Crippen molar-refractivity contribution in [2.75, 3.05) is 5.32 Å². The van der Waals surface area contributed by atoms with E-state index in [1.807, 2.05) is 0 Å². The number of amides is 1. The van der Waals surface area contributed by atoms with Gasteiger partial charge in [0.05, 0.1) is 10.1 Å². The number of hydrogen-bond acceptors (Lipinski definition) is 3. The summed E-state index contributed by atoms with van der Waals surface area (Å²) in [6.07, 6.45) is 3.92. The summed E-state index contributed by atoms with van der Waals surface area (Å²) in [6, 6.07) is 6.46. The summed E-state index contributed by atoms with van der Waals surface area (Å²) < 4.78 is 24.7. The standard InChI is InChI=1S/C14H19NO3S/c1-2-14(16)15-11-7-9-13(10-8-11)19(17,18)12-5-3-4-6-12/h7-10,12H,2-6H2,1H3,(H,15,16). The van der Waals surface area contributed by atoms with Gasteiger partial charge in [-0.1, -0.05) is 19.8 Å². The largest absolute Gasteiger partial charge is 0.326 e. The fourth-order valence-electron chi connectivity index (χ4n) is 2.37. The van der Waals surface area contributed by atoms with Crippen molar-refractivity contribution in [3.8, 4) is 0 Å². The van der Waals surface area contributed by atoms with Crippen LogP contribution in [0.2, 0.25) is 0 Å². The van der Waals surface area contributed by atoms with Crippen molar-refractivity contribution in [1.82, 2.24) is 0 Å². The average molecular weight is 281 g/mol. The summed E-state index contributed by atoms with van der Waals surface area (Å²) in [6.45, 7) is 1.77. The van der Waals surface area contributed by atoms with Gasteiger partial charge >= 0.3 is 0 Å². The van der Waals surface area contributed by atoms with Gasteiger partial charge in [0.1, 0.15) is 0 Å². The molecule has 1 aliphatic carbocycles. The zero-order chi connectivity index (χ0) is 13.9.